The lowest BCUT2D eigenvalue weighted by atomic mass is 9.87. The molecule has 2 nitrogen and oxygen atoms in total. The van der Waals surface area contributed by atoms with Gasteiger partial charge >= 0.3 is 0 Å². The largest absolute Gasteiger partial charge is 0.292 e. The predicted octanol–water partition coefficient (Wildman–Crippen LogP) is 13.8. The summed E-state index contributed by atoms with van der Waals surface area (Å²) in [7, 11) is 0. The fraction of sp³-hybridized carbons (Fsp3) is 0. The third kappa shape index (κ3) is 4.63. The minimum Gasteiger partial charge on any atom is -0.292 e. The van der Waals surface area contributed by atoms with Crippen LogP contribution in [0.2, 0.25) is 0 Å². The van der Waals surface area contributed by atoms with E-state index in [0.717, 1.165) is 28.1 Å². The van der Waals surface area contributed by atoms with Gasteiger partial charge < -0.3 is 0 Å². The van der Waals surface area contributed by atoms with Gasteiger partial charge in [0, 0.05) is 11.3 Å². The molecular weight excluding hydrogens is 641 g/mol. The number of hydrogen-bond donors (Lipinski definition) is 0. The number of benzene rings is 9. The van der Waals surface area contributed by atoms with Gasteiger partial charge in [0.25, 0.3) is 0 Å². The van der Waals surface area contributed by atoms with Crippen molar-refractivity contribution < 1.29 is 0 Å². The van der Waals surface area contributed by atoms with E-state index in [1.165, 1.54) is 76.1 Å². The average molecular weight is 673 g/mol. The molecule has 53 heavy (non-hydrogen) atoms. The van der Waals surface area contributed by atoms with E-state index < -0.39 is 0 Å². The van der Waals surface area contributed by atoms with Crippen LogP contribution < -0.4 is 0 Å². The summed E-state index contributed by atoms with van der Waals surface area (Å²) >= 11 is 0. The zero-order chi connectivity index (χ0) is 34.9. The van der Waals surface area contributed by atoms with E-state index >= 15 is 0 Å². The predicted molar refractivity (Wildman–Crippen MR) is 225 cm³/mol. The Balaban J connectivity index is 1.05. The summed E-state index contributed by atoms with van der Waals surface area (Å²) in [5.74, 6) is 0.945. The smallest absolute Gasteiger partial charge is 0.145 e. The molecule has 246 valence electrons. The number of imidazole rings is 1. The molecule has 0 spiro atoms. The van der Waals surface area contributed by atoms with Crippen LogP contribution in [0, 0.1) is 0 Å². The zero-order valence-electron chi connectivity index (χ0n) is 28.9. The number of rotatable bonds is 4. The normalized spacial score (nSPS) is 11.8. The van der Waals surface area contributed by atoms with Gasteiger partial charge in [-0.3, -0.25) is 4.57 Å². The van der Waals surface area contributed by atoms with Crippen LogP contribution in [0.1, 0.15) is 0 Å². The van der Waals surface area contributed by atoms with Crippen LogP contribution >= 0.6 is 0 Å². The van der Waals surface area contributed by atoms with E-state index in [1.54, 1.807) is 0 Å². The van der Waals surface area contributed by atoms with Crippen LogP contribution in [0.25, 0.3) is 104 Å². The summed E-state index contributed by atoms with van der Waals surface area (Å²) in [4.78, 5) is 5.03. The standard InChI is InChI=1S/C51H32N2/c1-2-12-36(13-3-1)51-52-47-22-8-9-23-48(47)53(51)38-30-28-34(29-31-38)33-24-26-35(27-25-33)46-32-37-14-10-19-43-41-17-6-4-15-39(41)40-16-5-7-18-42(40)44-20-11-21-45(46)50(44)49(37)43/h1-32H. The summed E-state index contributed by atoms with van der Waals surface area (Å²) in [6.07, 6.45) is 0. The van der Waals surface area contributed by atoms with Crippen molar-refractivity contribution in [3.05, 3.63) is 194 Å². The van der Waals surface area contributed by atoms with Gasteiger partial charge in [-0.15, -0.1) is 0 Å². The molecule has 11 rings (SSSR count). The Morgan fingerprint density at radius 2 is 0.849 bits per heavy atom. The maximum atomic E-state index is 5.03. The molecule has 2 heteroatoms. The average Bonchev–Trinajstić information content (AvgIpc) is 3.63. The highest BCUT2D eigenvalue weighted by Gasteiger charge is 2.17. The Kier molecular flexibility index (Phi) is 6.59. The molecule has 0 saturated carbocycles. The van der Waals surface area contributed by atoms with E-state index in [-0.39, 0.29) is 0 Å². The Morgan fingerprint density at radius 3 is 1.55 bits per heavy atom. The zero-order valence-corrected chi connectivity index (χ0v) is 28.9. The molecule has 0 amide bonds. The first-order chi connectivity index (χ1) is 26.3. The van der Waals surface area contributed by atoms with Crippen molar-refractivity contribution in [3.63, 3.8) is 0 Å². The maximum Gasteiger partial charge on any atom is 0.145 e. The number of hydrogen-bond acceptors (Lipinski definition) is 1. The molecule has 0 aliphatic heterocycles. The van der Waals surface area contributed by atoms with E-state index in [9.17, 15) is 0 Å². The van der Waals surface area contributed by atoms with Crippen molar-refractivity contribution in [1.29, 1.82) is 0 Å². The second-order valence-electron chi connectivity index (χ2n) is 13.9. The molecule has 0 N–H and O–H groups in total. The molecule has 0 aliphatic rings. The highest BCUT2D eigenvalue weighted by Crippen LogP contribution is 2.44. The van der Waals surface area contributed by atoms with Gasteiger partial charge in [0.05, 0.1) is 11.0 Å². The van der Waals surface area contributed by atoms with E-state index in [0.29, 0.717) is 0 Å². The number of nitrogens with zero attached hydrogens (tertiary/aromatic N) is 2. The lowest BCUT2D eigenvalue weighted by molar-refractivity contribution is 1.10. The third-order valence-electron chi connectivity index (χ3n) is 11.0. The second-order valence-corrected chi connectivity index (χ2v) is 13.9. The molecule has 0 bridgehead atoms. The molecule has 0 unspecified atom stereocenters. The monoisotopic (exact) mass is 672 g/mol. The molecule has 1 aromatic heterocycles. The second kappa shape index (κ2) is 11.8. The molecule has 1 heterocycles. The lowest BCUT2D eigenvalue weighted by Gasteiger charge is -2.17. The molecule has 10 aromatic carbocycles. The third-order valence-corrected chi connectivity index (χ3v) is 11.0. The number of para-hydroxylation sites is 2. The Hall–Kier alpha value is -7.03. The van der Waals surface area contributed by atoms with Gasteiger partial charge in [-0.1, -0.05) is 164 Å². The topological polar surface area (TPSA) is 17.8 Å². The van der Waals surface area contributed by atoms with Gasteiger partial charge in [0.2, 0.25) is 0 Å². The van der Waals surface area contributed by atoms with E-state index in [4.69, 9.17) is 4.98 Å². The van der Waals surface area contributed by atoms with Crippen molar-refractivity contribution in [2.45, 2.75) is 0 Å². The lowest BCUT2D eigenvalue weighted by Crippen LogP contribution is -1.97. The fourth-order valence-electron chi connectivity index (χ4n) is 8.56. The highest BCUT2D eigenvalue weighted by molar-refractivity contribution is 6.34. The first-order valence-electron chi connectivity index (χ1n) is 18.2. The molecule has 0 fully saturated rings. The minimum absolute atomic E-state index is 0.945. The van der Waals surface area contributed by atoms with Crippen LogP contribution in [-0.2, 0) is 0 Å². The Labute approximate surface area is 306 Å². The molecule has 0 aliphatic carbocycles. The van der Waals surface area contributed by atoms with Crippen molar-refractivity contribution in [2.24, 2.45) is 0 Å². The quantitative estimate of drug-likeness (QED) is 0.170. The van der Waals surface area contributed by atoms with E-state index in [2.05, 4.69) is 187 Å². The summed E-state index contributed by atoms with van der Waals surface area (Å²) in [6.45, 7) is 0. The fourth-order valence-corrected chi connectivity index (χ4v) is 8.56. The molecule has 0 atom stereocenters. The number of aromatic nitrogens is 2. The van der Waals surface area contributed by atoms with Crippen LogP contribution in [0.5, 0.6) is 0 Å². The first-order valence-corrected chi connectivity index (χ1v) is 18.2. The van der Waals surface area contributed by atoms with Gasteiger partial charge in [0.15, 0.2) is 0 Å². The van der Waals surface area contributed by atoms with Crippen molar-refractivity contribution in [2.75, 3.05) is 0 Å². The van der Waals surface area contributed by atoms with Gasteiger partial charge in [-0.05, 0) is 106 Å². The number of fused-ring (bicyclic) bond motifs is 6. The van der Waals surface area contributed by atoms with Crippen molar-refractivity contribution >= 4 is 64.9 Å². The Morgan fingerprint density at radius 1 is 0.340 bits per heavy atom. The van der Waals surface area contributed by atoms with Crippen LogP contribution in [0.15, 0.2) is 194 Å². The molecule has 11 aromatic rings. The van der Waals surface area contributed by atoms with Crippen LogP contribution in [0.3, 0.4) is 0 Å². The highest BCUT2D eigenvalue weighted by atomic mass is 15.1. The molecule has 0 saturated heterocycles. The van der Waals surface area contributed by atoms with E-state index in [1.807, 2.05) is 12.1 Å². The van der Waals surface area contributed by atoms with Crippen LogP contribution in [0.4, 0.5) is 0 Å². The van der Waals surface area contributed by atoms with Crippen molar-refractivity contribution in [3.8, 4) is 39.3 Å². The van der Waals surface area contributed by atoms with Crippen LogP contribution in [-0.4, -0.2) is 9.55 Å². The minimum atomic E-state index is 0.945. The van der Waals surface area contributed by atoms with Gasteiger partial charge in [0.1, 0.15) is 5.82 Å². The van der Waals surface area contributed by atoms with Crippen molar-refractivity contribution in [1.82, 2.24) is 9.55 Å². The molecule has 0 radical (unpaired) electrons. The summed E-state index contributed by atoms with van der Waals surface area (Å²) < 4.78 is 2.26. The summed E-state index contributed by atoms with van der Waals surface area (Å²) in [5, 5.41) is 12.8. The van der Waals surface area contributed by atoms with Gasteiger partial charge in [-0.2, -0.15) is 0 Å². The SMILES string of the molecule is c1ccc(-c2nc3ccccc3n2-c2ccc(-c3ccc(-c4cc5cccc6c7ccccc7c7ccccc7c7cccc4c7c56)cc3)cc2)cc1. The first kappa shape index (κ1) is 29.7. The Bertz CT molecular complexity index is 3190. The summed E-state index contributed by atoms with van der Waals surface area (Å²) in [6, 6.07) is 70.5. The maximum absolute atomic E-state index is 5.03. The summed E-state index contributed by atoms with van der Waals surface area (Å²) in [5.41, 5.74) is 9.10. The van der Waals surface area contributed by atoms with Gasteiger partial charge in [-0.25, -0.2) is 4.98 Å². The molecular formula is C51H32N2.